The smallest absolute Gasteiger partial charge is 0.0967 e. The first-order valence-electron chi connectivity index (χ1n) is 25.1. The van der Waals surface area contributed by atoms with Gasteiger partial charge >= 0.3 is 0 Å². The highest BCUT2D eigenvalue weighted by molar-refractivity contribution is 5.00. The maximum Gasteiger partial charge on any atom is 0.0967 e. The summed E-state index contributed by atoms with van der Waals surface area (Å²) in [7, 11) is 0. The number of hydroxylamine groups is 8. The second kappa shape index (κ2) is 23.9. The molecule has 0 amide bonds. The Morgan fingerprint density at radius 1 is 0.304 bits per heavy atom. The van der Waals surface area contributed by atoms with Crippen molar-refractivity contribution in [2.45, 2.75) is 309 Å². The first-order valence-corrected chi connectivity index (χ1v) is 25.1. The Morgan fingerprint density at radius 2 is 0.406 bits per heavy atom. The van der Waals surface area contributed by atoms with Crippen LogP contribution in [0.1, 0.15) is 218 Å². The minimum atomic E-state index is -0.845. The highest BCUT2D eigenvalue weighted by Gasteiger charge is 2.50. The molecule has 4 saturated heterocycles. The third-order valence-corrected chi connectivity index (χ3v) is 12.5. The lowest BCUT2D eigenvalue weighted by Gasteiger charge is -2.53. The fourth-order valence-electron chi connectivity index (χ4n) is 11.1. The molecule has 4 fully saturated rings. The number of rotatable bonds is 12. The molecule has 0 aromatic rings. The maximum atomic E-state index is 9.89. The summed E-state index contributed by atoms with van der Waals surface area (Å²) in [5.41, 5.74) is -5.22. The lowest BCUT2D eigenvalue weighted by Crippen LogP contribution is -2.62. The molecule has 17 heteroatoms. The molecule has 0 radical (unpaired) electrons. The van der Waals surface area contributed by atoms with Crippen molar-refractivity contribution in [3.05, 3.63) is 0 Å². The maximum absolute atomic E-state index is 9.89. The summed E-state index contributed by atoms with van der Waals surface area (Å²) in [6.45, 7) is 47.8. The predicted octanol–water partition coefficient (Wildman–Crippen LogP) is 6.97. The molecular weight excluding hydrogens is 887 g/mol. The van der Waals surface area contributed by atoms with Crippen LogP contribution in [0, 0.1) is 0 Å². The van der Waals surface area contributed by atoms with Crippen molar-refractivity contribution in [2.24, 2.45) is 0 Å². The van der Waals surface area contributed by atoms with E-state index in [9.17, 15) is 40.9 Å². The minimum absolute atomic E-state index is 0. The van der Waals surface area contributed by atoms with Crippen molar-refractivity contribution >= 4 is 0 Å². The van der Waals surface area contributed by atoms with Crippen LogP contribution in [-0.2, 0) is 19.4 Å². The molecule has 4 heterocycles. The zero-order valence-electron chi connectivity index (χ0n) is 48.5. The summed E-state index contributed by atoms with van der Waals surface area (Å²) in [5.74, 6) is 0. The van der Waals surface area contributed by atoms with Crippen LogP contribution in [0.25, 0.3) is 0 Å². The number of nitrogens with zero attached hydrogens (tertiary/aromatic N) is 4. The highest BCUT2D eigenvalue weighted by Crippen LogP contribution is 2.42. The first kappa shape index (κ1) is 68.3. The van der Waals surface area contributed by atoms with Crippen LogP contribution in [0.4, 0.5) is 0 Å². The molecule has 4 aliphatic heterocycles. The predicted molar refractivity (Wildman–Crippen MR) is 275 cm³/mol. The van der Waals surface area contributed by atoms with E-state index >= 15 is 0 Å². The Labute approximate surface area is 420 Å². The summed E-state index contributed by atoms with van der Waals surface area (Å²) in [5, 5.41) is 86.3. The van der Waals surface area contributed by atoms with E-state index in [-0.39, 0.29) is 101 Å². The molecule has 0 aliphatic carbocycles. The summed E-state index contributed by atoms with van der Waals surface area (Å²) in [6, 6.07) is 0. The third kappa shape index (κ3) is 23.2. The zero-order chi connectivity index (χ0) is 53.9. The Kier molecular flexibility index (Phi) is 23.7. The van der Waals surface area contributed by atoms with Gasteiger partial charge in [0.05, 0.1) is 73.2 Å². The van der Waals surface area contributed by atoms with Crippen LogP contribution >= 0.6 is 0 Å². The molecular formula is C52H111N5O12. The normalized spacial score (nSPS) is 25.7. The van der Waals surface area contributed by atoms with Crippen molar-refractivity contribution in [3.63, 3.8) is 0 Å². The molecule has 0 aromatic heterocycles. The number of aliphatic hydroxyl groups excluding tert-OH is 4. The van der Waals surface area contributed by atoms with Crippen molar-refractivity contribution < 1.29 is 60.2 Å². The molecule has 0 atom stereocenters. The van der Waals surface area contributed by atoms with Gasteiger partial charge in [-0.05, 0) is 218 Å². The van der Waals surface area contributed by atoms with Gasteiger partial charge in [-0.1, -0.05) is 0 Å². The molecule has 0 unspecified atom stereocenters. The van der Waals surface area contributed by atoms with Gasteiger partial charge in [0.25, 0.3) is 0 Å². The van der Waals surface area contributed by atoms with Crippen LogP contribution < -0.4 is 6.15 Å². The van der Waals surface area contributed by atoms with Crippen molar-refractivity contribution in [3.8, 4) is 0 Å². The van der Waals surface area contributed by atoms with Crippen LogP contribution in [0.5, 0.6) is 0 Å². The van der Waals surface area contributed by atoms with Crippen LogP contribution in [0.15, 0.2) is 0 Å². The summed E-state index contributed by atoms with van der Waals surface area (Å²) in [6.07, 6.45) is 4.30. The van der Waals surface area contributed by atoms with Crippen LogP contribution in [0.3, 0.4) is 0 Å². The monoisotopic (exact) mass is 998 g/mol. The van der Waals surface area contributed by atoms with Crippen LogP contribution in [0.2, 0.25) is 0 Å². The van der Waals surface area contributed by atoms with E-state index < -0.39 is 22.4 Å². The summed E-state index contributed by atoms with van der Waals surface area (Å²) in [4.78, 5) is 23.2. The van der Waals surface area contributed by atoms with Gasteiger partial charge in [-0.2, -0.15) is 20.3 Å². The summed E-state index contributed by atoms with van der Waals surface area (Å²) < 4.78 is 0. The quantitative estimate of drug-likeness (QED) is 0.0958. The molecule has 69 heavy (non-hydrogen) atoms. The third-order valence-electron chi connectivity index (χ3n) is 12.5. The van der Waals surface area contributed by atoms with E-state index in [0.717, 1.165) is 0 Å². The Balaban J connectivity index is 0.000000889. The van der Waals surface area contributed by atoms with Gasteiger partial charge in [-0.25, -0.2) is 0 Å². The topological polar surface area (TPSA) is 247 Å². The molecule has 416 valence electrons. The van der Waals surface area contributed by atoms with Gasteiger partial charge in [0, 0.05) is 44.3 Å². The largest absolute Gasteiger partial charge is 0.393 e. The van der Waals surface area contributed by atoms with Crippen molar-refractivity contribution in [2.75, 3.05) is 26.4 Å². The van der Waals surface area contributed by atoms with Crippen LogP contribution in [-0.4, -0.2) is 179 Å². The van der Waals surface area contributed by atoms with E-state index in [4.69, 9.17) is 19.4 Å². The average Bonchev–Trinajstić information content (AvgIpc) is 2.98. The number of hydrogen-bond donors (Lipinski definition) is 9. The van der Waals surface area contributed by atoms with E-state index in [0.29, 0.717) is 51.4 Å². The van der Waals surface area contributed by atoms with Gasteiger partial charge < -0.3 is 47.0 Å². The molecule has 0 saturated carbocycles. The van der Waals surface area contributed by atoms with E-state index in [1.165, 1.54) is 0 Å². The Morgan fingerprint density at radius 3 is 0.493 bits per heavy atom. The van der Waals surface area contributed by atoms with Gasteiger partial charge in [-0.15, -0.1) is 0 Å². The molecule has 11 N–H and O–H groups in total. The van der Waals surface area contributed by atoms with Gasteiger partial charge in [-0.3, -0.25) is 19.4 Å². The molecule has 0 spiro atoms. The average molecular weight is 998 g/mol. The van der Waals surface area contributed by atoms with Crippen molar-refractivity contribution in [1.82, 2.24) is 26.4 Å². The summed E-state index contributed by atoms with van der Waals surface area (Å²) >= 11 is 0. The zero-order valence-corrected chi connectivity index (χ0v) is 48.5. The fourth-order valence-corrected chi connectivity index (χ4v) is 11.1. The molecule has 4 aliphatic rings. The minimum Gasteiger partial charge on any atom is -0.393 e. The molecule has 0 bridgehead atoms. The first-order chi connectivity index (χ1) is 29.8. The number of hydrogen-bond acceptors (Lipinski definition) is 17. The number of aliphatic hydroxyl groups is 8. The van der Waals surface area contributed by atoms with Gasteiger partial charge in [0.2, 0.25) is 0 Å². The second-order valence-corrected chi connectivity index (χ2v) is 28.3. The molecule has 4 rings (SSSR count). The molecule has 17 nitrogen and oxygen atoms in total. The Bertz CT molecular complexity index is 1230. The van der Waals surface area contributed by atoms with Gasteiger partial charge in [0.1, 0.15) is 0 Å². The van der Waals surface area contributed by atoms with E-state index in [2.05, 4.69) is 111 Å². The standard InChI is InChI=1S/4C13H27NO3.H3N/c4*1-11(2)7-10(15)8-12(3,4)14(11)17-9-13(5,6)16;/h4*10,15-16H,7-9H2,1-6H3;1H3. The van der Waals surface area contributed by atoms with Gasteiger partial charge in [0.15, 0.2) is 0 Å². The SMILES string of the molecule is CC(C)(O)CON1C(C)(C)CC(O)CC1(C)C.CC(C)(O)CON1C(C)(C)CC(O)CC1(C)C.CC(C)(O)CON1C(C)(C)CC(O)CC1(C)C.CC(C)(O)CON1C(C)(C)CC(O)CC1(C)C.N. The second-order valence-electron chi connectivity index (χ2n) is 28.3. The van der Waals surface area contributed by atoms with E-state index in [1.54, 1.807) is 55.4 Å². The fraction of sp³-hybridized carbons (Fsp3) is 1.00. The van der Waals surface area contributed by atoms with Crippen molar-refractivity contribution in [1.29, 1.82) is 0 Å². The van der Waals surface area contributed by atoms with E-state index in [1.807, 2.05) is 20.3 Å². The lowest BCUT2D eigenvalue weighted by molar-refractivity contribution is -0.306. The Hall–Kier alpha value is -0.680. The highest BCUT2D eigenvalue weighted by atomic mass is 16.7. The number of piperidine rings is 4. The lowest BCUT2D eigenvalue weighted by atomic mass is 9.80. The molecule has 0 aromatic carbocycles.